The lowest BCUT2D eigenvalue weighted by Crippen LogP contribution is -2.54. The number of hydrogen-bond acceptors (Lipinski definition) is 5. The van der Waals surface area contributed by atoms with Crippen LogP contribution < -0.4 is 15.8 Å². The van der Waals surface area contributed by atoms with Crippen LogP contribution in [-0.2, 0) is 16.2 Å². The van der Waals surface area contributed by atoms with Gasteiger partial charge in [-0.2, -0.15) is 17.5 Å². The average molecular weight is 392 g/mol. The highest BCUT2D eigenvalue weighted by atomic mass is 32.2. The lowest BCUT2D eigenvalue weighted by atomic mass is 10.1. The molecule has 6 nitrogen and oxygen atoms in total. The Balaban J connectivity index is 1.74. The summed E-state index contributed by atoms with van der Waals surface area (Å²) < 4.78 is 66.9. The number of anilines is 1. The minimum atomic E-state index is -4.44. The van der Waals surface area contributed by atoms with Gasteiger partial charge < -0.3 is 4.90 Å². The van der Waals surface area contributed by atoms with Crippen LogP contribution in [0.5, 0.6) is 0 Å². The van der Waals surface area contributed by atoms with E-state index in [-0.39, 0.29) is 44.0 Å². The van der Waals surface area contributed by atoms with Gasteiger partial charge in [0.25, 0.3) is 0 Å². The molecule has 26 heavy (non-hydrogen) atoms. The van der Waals surface area contributed by atoms with Crippen LogP contribution in [0.25, 0.3) is 0 Å². The van der Waals surface area contributed by atoms with Crippen molar-refractivity contribution in [2.45, 2.75) is 37.4 Å². The van der Waals surface area contributed by atoms with Crippen LogP contribution in [0.3, 0.4) is 0 Å². The molecule has 0 amide bonds. The van der Waals surface area contributed by atoms with Crippen molar-refractivity contribution < 1.29 is 21.6 Å². The highest BCUT2D eigenvalue weighted by Crippen LogP contribution is 2.37. The molecule has 2 fully saturated rings. The van der Waals surface area contributed by atoms with Crippen molar-refractivity contribution in [2.75, 3.05) is 31.1 Å². The Kier molecular flexibility index (Phi) is 5.22. The second kappa shape index (κ2) is 6.99. The Labute approximate surface area is 151 Å². The van der Waals surface area contributed by atoms with E-state index in [1.165, 1.54) is 16.4 Å². The molecule has 0 saturated carbocycles. The van der Waals surface area contributed by atoms with E-state index in [4.69, 9.17) is 0 Å². The Hall–Kier alpha value is -1.36. The molecule has 2 aliphatic heterocycles. The van der Waals surface area contributed by atoms with Crippen LogP contribution in [0.2, 0.25) is 0 Å². The first-order chi connectivity index (χ1) is 12.1. The number of alkyl halides is 3. The van der Waals surface area contributed by atoms with Gasteiger partial charge in [0.05, 0.1) is 5.56 Å². The second-order valence-electron chi connectivity index (χ2n) is 6.78. The van der Waals surface area contributed by atoms with E-state index in [1.807, 2.05) is 0 Å². The van der Waals surface area contributed by atoms with Crippen molar-refractivity contribution in [3.8, 4) is 0 Å². The number of hydrogen-bond donors (Lipinski definition) is 2. The minimum absolute atomic E-state index is 0.1000. The summed E-state index contributed by atoms with van der Waals surface area (Å²) in [7, 11) is -3.54. The van der Waals surface area contributed by atoms with Crippen LogP contribution in [-0.4, -0.2) is 56.2 Å². The highest BCUT2D eigenvalue weighted by Gasteiger charge is 2.44. The first kappa shape index (κ1) is 19.4. The number of piperazine rings is 1. The monoisotopic (exact) mass is 392 g/mol. The van der Waals surface area contributed by atoms with Gasteiger partial charge in [-0.25, -0.2) is 8.42 Å². The molecule has 3 rings (SSSR count). The third-order valence-corrected chi connectivity index (χ3v) is 7.61. The smallest absolute Gasteiger partial charge is 0.368 e. The summed E-state index contributed by atoms with van der Waals surface area (Å²) in [6.07, 6.45) is -4.44. The van der Waals surface area contributed by atoms with Crippen LogP contribution in [0.1, 0.15) is 19.4 Å². The number of halogens is 3. The van der Waals surface area contributed by atoms with Gasteiger partial charge in [-0.15, -0.1) is 0 Å². The van der Waals surface area contributed by atoms with Crippen molar-refractivity contribution >= 4 is 15.7 Å². The molecule has 0 aliphatic carbocycles. The SMILES string of the molecule is CC1NNC(C)C1S(=O)(=O)N1CCN(c2ccccc2C(F)(F)F)CC1. The van der Waals surface area contributed by atoms with E-state index in [9.17, 15) is 21.6 Å². The number of benzene rings is 1. The summed E-state index contributed by atoms with van der Waals surface area (Å²) >= 11 is 0. The van der Waals surface area contributed by atoms with Gasteiger partial charge in [0.15, 0.2) is 0 Å². The Morgan fingerprint density at radius 1 is 1.00 bits per heavy atom. The van der Waals surface area contributed by atoms with E-state index in [0.29, 0.717) is 0 Å². The lowest BCUT2D eigenvalue weighted by Gasteiger charge is -2.38. The molecule has 1 aromatic rings. The van der Waals surface area contributed by atoms with E-state index in [2.05, 4.69) is 10.9 Å². The van der Waals surface area contributed by atoms with Crippen LogP contribution in [0.4, 0.5) is 18.9 Å². The minimum Gasteiger partial charge on any atom is -0.368 e. The number of nitrogens with zero attached hydrogens (tertiary/aromatic N) is 2. The van der Waals surface area contributed by atoms with Crippen molar-refractivity contribution in [2.24, 2.45) is 0 Å². The maximum Gasteiger partial charge on any atom is 0.418 e. The summed E-state index contributed by atoms with van der Waals surface area (Å²) in [6.45, 7) is 4.39. The maximum atomic E-state index is 13.2. The van der Waals surface area contributed by atoms with E-state index < -0.39 is 27.0 Å². The van der Waals surface area contributed by atoms with Gasteiger partial charge in [-0.1, -0.05) is 12.1 Å². The fraction of sp³-hybridized carbons (Fsp3) is 0.625. The largest absolute Gasteiger partial charge is 0.418 e. The van der Waals surface area contributed by atoms with Gasteiger partial charge >= 0.3 is 6.18 Å². The zero-order valence-electron chi connectivity index (χ0n) is 14.6. The molecule has 0 radical (unpaired) electrons. The van der Waals surface area contributed by atoms with Crippen molar-refractivity contribution in [1.82, 2.24) is 15.2 Å². The standard InChI is InChI=1S/C16H23F3N4O2S/c1-11-15(12(2)21-20-11)26(24,25)23-9-7-22(8-10-23)14-6-4-3-5-13(14)16(17,18)19/h3-6,11-12,15,20-21H,7-10H2,1-2H3. The first-order valence-electron chi connectivity index (χ1n) is 8.53. The van der Waals surface area contributed by atoms with Gasteiger partial charge in [-0.05, 0) is 26.0 Å². The first-order valence-corrected chi connectivity index (χ1v) is 10.0. The fourth-order valence-corrected chi connectivity index (χ4v) is 5.91. The van der Waals surface area contributed by atoms with Crippen LogP contribution in [0, 0.1) is 0 Å². The topological polar surface area (TPSA) is 64.7 Å². The van der Waals surface area contributed by atoms with Gasteiger partial charge in [0.2, 0.25) is 10.0 Å². The maximum absolute atomic E-state index is 13.2. The Morgan fingerprint density at radius 2 is 1.54 bits per heavy atom. The molecule has 2 unspecified atom stereocenters. The molecular formula is C16H23F3N4O2S. The zero-order chi connectivity index (χ0) is 19.1. The molecule has 2 aliphatic rings. The molecule has 10 heteroatoms. The van der Waals surface area contributed by atoms with E-state index in [1.54, 1.807) is 24.8 Å². The number of sulfonamides is 1. The molecule has 2 saturated heterocycles. The molecule has 2 heterocycles. The Bertz CT molecular complexity index is 738. The number of hydrazine groups is 1. The normalized spacial score (nSPS) is 28.5. The van der Waals surface area contributed by atoms with Crippen molar-refractivity contribution in [1.29, 1.82) is 0 Å². The quantitative estimate of drug-likeness (QED) is 0.815. The number of para-hydroxylation sites is 1. The van der Waals surface area contributed by atoms with E-state index >= 15 is 0 Å². The number of rotatable bonds is 3. The highest BCUT2D eigenvalue weighted by molar-refractivity contribution is 7.89. The number of nitrogens with one attached hydrogen (secondary N) is 2. The molecule has 2 N–H and O–H groups in total. The molecule has 0 bridgehead atoms. The molecule has 0 aromatic heterocycles. The van der Waals surface area contributed by atoms with Crippen molar-refractivity contribution in [3.63, 3.8) is 0 Å². The lowest BCUT2D eigenvalue weighted by molar-refractivity contribution is -0.137. The molecule has 146 valence electrons. The fourth-order valence-electron chi connectivity index (χ4n) is 3.72. The molecule has 0 spiro atoms. The van der Waals surface area contributed by atoms with Crippen LogP contribution in [0.15, 0.2) is 24.3 Å². The zero-order valence-corrected chi connectivity index (χ0v) is 15.4. The third-order valence-electron chi connectivity index (χ3n) is 5.02. The predicted octanol–water partition coefficient (Wildman–Crippen LogP) is 1.41. The third kappa shape index (κ3) is 3.55. The second-order valence-corrected chi connectivity index (χ2v) is 8.87. The van der Waals surface area contributed by atoms with Gasteiger partial charge in [0, 0.05) is 44.0 Å². The molecule has 1 aromatic carbocycles. The van der Waals surface area contributed by atoms with Gasteiger partial charge in [0.1, 0.15) is 5.25 Å². The summed E-state index contributed by atoms with van der Waals surface area (Å²) in [5.41, 5.74) is 5.27. The summed E-state index contributed by atoms with van der Waals surface area (Å²) in [5, 5.41) is -0.600. The van der Waals surface area contributed by atoms with Crippen LogP contribution >= 0.6 is 0 Å². The average Bonchev–Trinajstić information content (AvgIpc) is 2.93. The van der Waals surface area contributed by atoms with Crippen molar-refractivity contribution in [3.05, 3.63) is 29.8 Å². The summed E-state index contributed by atoms with van der Waals surface area (Å²) in [6, 6.07) is 4.93. The predicted molar refractivity (Wildman–Crippen MR) is 93.1 cm³/mol. The van der Waals surface area contributed by atoms with E-state index in [0.717, 1.165) is 6.07 Å². The molecule has 2 atom stereocenters. The Morgan fingerprint density at radius 3 is 2.08 bits per heavy atom. The summed E-state index contributed by atoms with van der Waals surface area (Å²) in [4.78, 5) is 1.60. The summed E-state index contributed by atoms with van der Waals surface area (Å²) in [5.74, 6) is 0. The molecular weight excluding hydrogens is 369 g/mol. The van der Waals surface area contributed by atoms with Gasteiger partial charge in [-0.3, -0.25) is 10.9 Å².